The topological polar surface area (TPSA) is 75.7 Å². The molecule has 2 aromatic carbocycles. The molecule has 1 aliphatic heterocycles. The number of amides is 1. The molecule has 0 bridgehead atoms. The van der Waals surface area contributed by atoms with Crippen LogP contribution in [0.3, 0.4) is 0 Å². The summed E-state index contributed by atoms with van der Waals surface area (Å²) in [6.07, 6.45) is 5.24. The van der Waals surface area contributed by atoms with Gasteiger partial charge in [-0.2, -0.15) is 0 Å². The van der Waals surface area contributed by atoms with Crippen molar-refractivity contribution in [3.8, 4) is 5.75 Å². The lowest BCUT2D eigenvalue weighted by atomic mass is 9.83. The Kier molecular flexibility index (Phi) is 8.05. The molecule has 0 radical (unpaired) electrons. The van der Waals surface area contributed by atoms with E-state index in [9.17, 15) is 13.2 Å². The predicted molar refractivity (Wildman–Crippen MR) is 133 cm³/mol. The fourth-order valence-corrected chi connectivity index (χ4v) is 5.43. The van der Waals surface area contributed by atoms with E-state index in [1.165, 1.54) is 10.6 Å². The number of carbonyl (C=O) groups excluding carboxylic acids is 1. The molecular weight excluding hydrogens is 436 g/mol. The first-order valence-electron chi connectivity index (χ1n) is 11.8. The van der Waals surface area contributed by atoms with Crippen molar-refractivity contribution in [3.63, 3.8) is 0 Å². The van der Waals surface area contributed by atoms with E-state index in [4.69, 9.17) is 4.74 Å². The fourth-order valence-electron chi connectivity index (χ4n) is 4.46. The Balaban J connectivity index is 1.65. The van der Waals surface area contributed by atoms with Gasteiger partial charge in [-0.05, 0) is 49.4 Å². The molecule has 0 fully saturated rings. The molecule has 1 aliphatic rings. The number of sulfonamides is 1. The second-order valence-corrected chi connectivity index (χ2v) is 10.7. The van der Waals surface area contributed by atoms with Crippen LogP contribution in [0.1, 0.15) is 70.0 Å². The van der Waals surface area contributed by atoms with Crippen molar-refractivity contribution in [2.24, 2.45) is 0 Å². The van der Waals surface area contributed by atoms with E-state index in [0.29, 0.717) is 12.1 Å². The van der Waals surface area contributed by atoms with Crippen molar-refractivity contribution in [2.75, 3.05) is 17.1 Å². The Morgan fingerprint density at radius 1 is 1.09 bits per heavy atom. The van der Waals surface area contributed by atoms with Crippen LogP contribution in [-0.2, 0) is 21.2 Å². The number of nitrogens with one attached hydrogen (secondary N) is 1. The number of anilines is 1. The lowest BCUT2D eigenvalue weighted by molar-refractivity contribution is -0.122. The summed E-state index contributed by atoms with van der Waals surface area (Å²) in [7, 11) is -3.44. The number of hydrogen-bond acceptors (Lipinski definition) is 4. The smallest absolute Gasteiger partial charge is 0.232 e. The minimum absolute atomic E-state index is 0.0763. The molecule has 0 saturated carbocycles. The predicted octanol–water partition coefficient (Wildman–Crippen LogP) is 4.99. The zero-order valence-electron chi connectivity index (χ0n) is 20.1. The van der Waals surface area contributed by atoms with Gasteiger partial charge in [-0.15, -0.1) is 0 Å². The molecule has 1 unspecified atom stereocenters. The van der Waals surface area contributed by atoms with Crippen LogP contribution in [0.25, 0.3) is 0 Å². The van der Waals surface area contributed by atoms with E-state index in [1.807, 2.05) is 48.5 Å². The van der Waals surface area contributed by atoms with Gasteiger partial charge in [0.05, 0.1) is 18.0 Å². The summed E-state index contributed by atoms with van der Waals surface area (Å²) in [4.78, 5) is 12.8. The van der Waals surface area contributed by atoms with Crippen LogP contribution in [0.15, 0.2) is 48.5 Å². The molecular formula is C26H36N2O4S. The van der Waals surface area contributed by atoms with Crippen molar-refractivity contribution < 1.29 is 17.9 Å². The maximum absolute atomic E-state index is 12.8. The number of aryl methyl sites for hydroxylation is 1. The van der Waals surface area contributed by atoms with E-state index in [0.717, 1.165) is 42.6 Å². The van der Waals surface area contributed by atoms with Crippen LogP contribution in [0.5, 0.6) is 5.75 Å². The molecule has 1 heterocycles. The molecule has 0 aliphatic carbocycles. The Labute approximate surface area is 198 Å². The van der Waals surface area contributed by atoms with Crippen LogP contribution in [0.2, 0.25) is 0 Å². The number of para-hydroxylation sites is 1. The molecule has 33 heavy (non-hydrogen) atoms. The molecule has 2 aromatic rings. The van der Waals surface area contributed by atoms with Gasteiger partial charge >= 0.3 is 0 Å². The Bertz CT molecular complexity index is 1050. The lowest BCUT2D eigenvalue weighted by Gasteiger charge is -2.41. The second kappa shape index (κ2) is 10.6. The highest BCUT2D eigenvalue weighted by Crippen LogP contribution is 2.42. The normalized spacial score (nSPS) is 17.0. The van der Waals surface area contributed by atoms with E-state index in [-0.39, 0.29) is 30.5 Å². The summed E-state index contributed by atoms with van der Waals surface area (Å²) in [5.41, 5.74) is 2.49. The molecule has 7 heteroatoms. The number of benzene rings is 2. The van der Waals surface area contributed by atoms with E-state index < -0.39 is 10.0 Å². The van der Waals surface area contributed by atoms with Crippen molar-refractivity contribution in [3.05, 3.63) is 59.7 Å². The monoisotopic (exact) mass is 472 g/mol. The van der Waals surface area contributed by atoms with Crippen LogP contribution in [0, 0.1) is 0 Å². The molecule has 3 rings (SSSR count). The minimum atomic E-state index is -3.44. The largest absolute Gasteiger partial charge is 0.487 e. The first-order chi connectivity index (χ1) is 15.7. The third-order valence-corrected chi connectivity index (χ3v) is 7.81. The average molecular weight is 473 g/mol. The molecule has 0 spiro atoms. The first-order valence-corrected chi connectivity index (χ1v) is 13.7. The molecule has 1 amide bonds. The quantitative estimate of drug-likeness (QED) is 0.528. The number of nitrogens with zero attached hydrogens (tertiary/aromatic N) is 1. The Hall–Kier alpha value is -2.54. The molecule has 6 nitrogen and oxygen atoms in total. The maximum Gasteiger partial charge on any atom is 0.232 e. The summed E-state index contributed by atoms with van der Waals surface area (Å²) in [5, 5.41) is 3.18. The van der Waals surface area contributed by atoms with Gasteiger partial charge in [-0.3, -0.25) is 9.10 Å². The minimum Gasteiger partial charge on any atom is -0.487 e. The van der Waals surface area contributed by atoms with E-state index in [2.05, 4.69) is 26.1 Å². The highest BCUT2D eigenvalue weighted by molar-refractivity contribution is 7.92. The number of rotatable bonds is 10. The summed E-state index contributed by atoms with van der Waals surface area (Å²) in [6.45, 7) is 6.55. The van der Waals surface area contributed by atoms with Crippen molar-refractivity contribution in [2.45, 2.75) is 70.9 Å². The molecule has 0 aromatic heterocycles. The van der Waals surface area contributed by atoms with Crippen LogP contribution in [0.4, 0.5) is 5.69 Å². The second-order valence-electron chi connectivity index (χ2n) is 8.81. The highest BCUT2D eigenvalue weighted by atomic mass is 32.2. The molecule has 1 N–H and O–H groups in total. The van der Waals surface area contributed by atoms with Gasteiger partial charge in [0.15, 0.2) is 0 Å². The third-order valence-electron chi connectivity index (χ3n) is 6.62. The number of fused-ring (bicyclic) bond motifs is 1. The zero-order valence-corrected chi connectivity index (χ0v) is 21.0. The fraction of sp³-hybridized carbons (Fsp3) is 0.500. The van der Waals surface area contributed by atoms with Gasteiger partial charge in [-0.1, -0.05) is 51.1 Å². The zero-order chi connectivity index (χ0) is 24.1. The van der Waals surface area contributed by atoms with Crippen molar-refractivity contribution >= 4 is 21.6 Å². The first kappa shape index (κ1) is 25.1. The van der Waals surface area contributed by atoms with Crippen molar-refractivity contribution in [1.29, 1.82) is 0 Å². The van der Waals surface area contributed by atoms with E-state index >= 15 is 0 Å². The molecule has 1 atom stereocenters. The van der Waals surface area contributed by atoms with Gasteiger partial charge in [0.2, 0.25) is 15.9 Å². The van der Waals surface area contributed by atoms with Crippen LogP contribution >= 0.6 is 0 Å². The Morgan fingerprint density at radius 3 is 2.36 bits per heavy atom. The number of hydrogen-bond donors (Lipinski definition) is 1. The summed E-state index contributed by atoms with van der Waals surface area (Å²) < 4.78 is 32.4. The van der Waals surface area contributed by atoms with Crippen LogP contribution in [-0.4, -0.2) is 32.7 Å². The number of carbonyl (C=O) groups is 1. The van der Waals surface area contributed by atoms with E-state index in [1.54, 1.807) is 0 Å². The summed E-state index contributed by atoms with van der Waals surface area (Å²) >= 11 is 0. The standard InChI is InChI=1S/C26H36N2O4S/c1-5-20-14-16-21(17-15-20)28(33(4,30)31)18-10-13-25(29)27-23-19-26(6-2,7-3)32-24-12-9-8-11-22(23)24/h8-9,11-12,14-17,23H,5-7,10,13,18-19H2,1-4H3,(H,27,29). The van der Waals surface area contributed by atoms with Crippen LogP contribution < -0.4 is 14.4 Å². The highest BCUT2D eigenvalue weighted by Gasteiger charge is 2.38. The SMILES string of the molecule is CCc1ccc(N(CCCC(=O)NC2CC(CC)(CC)Oc3ccccc32)S(C)(=O)=O)cc1. The maximum atomic E-state index is 12.8. The number of ether oxygens (including phenoxy) is 1. The molecule has 180 valence electrons. The average Bonchev–Trinajstić information content (AvgIpc) is 2.81. The van der Waals surface area contributed by atoms with Crippen molar-refractivity contribution in [1.82, 2.24) is 5.32 Å². The third kappa shape index (κ3) is 6.08. The van der Waals surface area contributed by atoms with Gasteiger partial charge < -0.3 is 10.1 Å². The van der Waals surface area contributed by atoms with Gasteiger partial charge in [-0.25, -0.2) is 8.42 Å². The summed E-state index contributed by atoms with van der Waals surface area (Å²) in [6, 6.07) is 15.3. The summed E-state index contributed by atoms with van der Waals surface area (Å²) in [5.74, 6) is 0.754. The van der Waals surface area contributed by atoms with Gasteiger partial charge in [0.1, 0.15) is 11.4 Å². The van der Waals surface area contributed by atoms with Gasteiger partial charge in [0, 0.05) is 24.9 Å². The lowest BCUT2D eigenvalue weighted by Crippen LogP contribution is -2.44. The Morgan fingerprint density at radius 2 is 1.76 bits per heavy atom. The van der Waals surface area contributed by atoms with Gasteiger partial charge in [0.25, 0.3) is 0 Å². The molecule has 0 saturated heterocycles.